The van der Waals surface area contributed by atoms with Crippen LogP contribution in [-0.2, 0) is 10.2 Å². The van der Waals surface area contributed by atoms with E-state index in [1.165, 1.54) is 24.3 Å². The molecule has 4 N–H and O–H groups in total. The van der Waals surface area contributed by atoms with Crippen LogP contribution in [0.2, 0.25) is 0 Å². The van der Waals surface area contributed by atoms with Crippen molar-refractivity contribution in [1.29, 1.82) is 0 Å². The van der Waals surface area contributed by atoms with Gasteiger partial charge in [0.1, 0.15) is 5.82 Å². The van der Waals surface area contributed by atoms with E-state index in [0.717, 1.165) is 0 Å². The molecule has 0 fully saturated rings. The number of nitrogens with two attached hydrogens (primary N) is 1. The molecule has 0 atom stereocenters. The van der Waals surface area contributed by atoms with E-state index in [1.807, 2.05) is 0 Å². The second kappa shape index (κ2) is 5.06. The number of hydrogen-bond acceptors (Lipinski definition) is 3. The molecule has 0 bridgehead atoms. The van der Waals surface area contributed by atoms with Gasteiger partial charge in [-0.2, -0.15) is 13.1 Å². The van der Waals surface area contributed by atoms with E-state index in [9.17, 15) is 12.8 Å². The van der Waals surface area contributed by atoms with Gasteiger partial charge in [0.2, 0.25) is 0 Å². The summed E-state index contributed by atoms with van der Waals surface area (Å²) >= 11 is 0. The van der Waals surface area contributed by atoms with E-state index in [2.05, 4.69) is 9.44 Å². The van der Waals surface area contributed by atoms with E-state index in [1.54, 1.807) is 0 Å². The van der Waals surface area contributed by atoms with Crippen LogP contribution in [0.15, 0.2) is 24.3 Å². The van der Waals surface area contributed by atoms with Gasteiger partial charge in [-0.05, 0) is 12.1 Å². The predicted octanol–water partition coefficient (Wildman–Crippen LogP) is 0.0307. The van der Waals surface area contributed by atoms with Crippen molar-refractivity contribution < 1.29 is 12.8 Å². The summed E-state index contributed by atoms with van der Waals surface area (Å²) in [5, 5.41) is 0. The van der Waals surface area contributed by atoms with Crippen molar-refractivity contribution in [3.8, 4) is 0 Å². The summed E-state index contributed by atoms with van der Waals surface area (Å²) in [6.07, 6.45) is 0. The van der Waals surface area contributed by atoms with E-state index in [-0.39, 0.29) is 18.8 Å². The summed E-state index contributed by atoms with van der Waals surface area (Å²) < 4.78 is 39.8. The van der Waals surface area contributed by atoms with Crippen molar-refractivity contribution in [1.82, 2.24) is 4.72 Å². The molecule has 0 heterocycles. The Balaban J connectivity index is 2.74. The molecule has 1 aromatic rings. The Morgan fingerprint density at radius 2 is 2.00 bits per heavy atom. The Labute approximate surface area is 87.7 Å². The van der Waals surface area contributed by atoms with Gasteiger partial charge in [0.25, 0.3) is 10.2 Å². The maximum Gasteiger partial charge on any atom is 0.299 e. The predicted molar refractivity (Wildman–Crippen MR) is 56.0 cm³/mol. The van der Waals surface area contributed by atoms with Gasteiger partial charge >= 0.3 is 0 Å². The molecule has 0 spiro atoms. The first-order valence-electron chi connectivity index (χ1n) is 4.27. The minimum Gasteiger partial charge on any atom is -0.329 e. The zero-order valence-electron chi connectivity index (χ0n) is 7.90. The summed E-state index contributed by atoms with van der Waals surface area (Å²) in [6.45, 7) is 0.280. The van der Waals surface area contributed by atoms with Gasteiger partial charge in [0.05, 0.1) is 5.69 Å². The zero-order chi connectivity index (χ0) is 11.3. The first-order valence-corrected chi connectivity index (χ1v) is 5.75. The molecular weight excluding hydrogens is 221 g/mol. The second-order valence-corrected chi connectivity index (χ2v) is 4.27. The minimum atomic E-state index is -3.74. The van der Waals surface area contributed by atoms with Crippen molar-refractivity contribution in [2.75, 3.05) is 17.8 Å². The van der Waals surface area contributed by atoms with Crippen LogP contribution in [-0.4, -0.2) is 21.5 Å². The Morgan fingerprint density at radius 1 is 1.33 bits per heavy atom. The fraction of sp³-hybridized carbons (Fsp3) is 0.250. The van der Waals surface area contributed by atoms with Gasteiger partial charge in [-0.3, -0.25) is 4.72 Å². The Morgan fingerprint density at radius 3 is 2.60 bits per heavy atom. The molecule has 7 heteroatoms. The average Bonchev–Trinajstić information content (AvgIpc) is 2.18. The van der Waals surface area contributed by atoms with Crippen LogP contribution >= 0.6 is 0 Å². The monoisotopic (exact) mass is 233 g/mol. The molecule has 5 nitrogen and oxygen atoms in total. The van der Waals surface area contributed by atoms with E-state index in [0.29, 0.717) is 0 Å². The summed E-state index contributed by atoms with van der Waals surface area (Å²) in [6, 6.07) is 5.50. The summed E-state index contributed by atoms with van der Waals surface area (Å²) in [4.78, 5) is 0. The van der Waals surface area contributed by atoms with Gasteiger partial charge in [0.15, 0.2) is 0 Å². The number of nitrogens with one attached hydrogen (secondary N) is 2. The smallest absolute Gasteiger partial charge is 0.299 e. The third-order valence-electron chi connectivity index (χ3n) is 1.55. The van der Waals surface area contributed by atoms with E-state index < -0.39 is 16.0 Å². The quantitative estimate of drug-likeness (QED) is 0.671. The Kier molecular flexibility index (Phi) is 4.01. The molecule has 0 aliphatic heterocycles. The van der Waals surface area contributed by atoms with Gasteiger partial charge in [-0.1, -0.05) is 12.1 Å². The average molecular weight is 233 g/mol. The molecule has 0 aliphatic rings. The highest BCUT2D eigenvalue weighted by Gasteiger charge is 2.10. The van der Waals surface area contributed by atoms with Crippen molar-refractivity contribution in [3.63, 3.8) is 0 Å². The molecule has 0 amide bonds. The molecule has 0 aromatic heterocycles. The highest BCUT2D eigenvalue weighted by molar-refractivity contribution is 7.90. The van der Waals surface area contributed by atoms with Gasteiger partial charge in [0, 0.05) is 13.1 Å². The summed E-state index contributed by atoms with van der Waals surface area (Å²) in [7, 11) is -3.74. The Hall–Kier alpha value is -1.18. The van der Waals surface area contributed by atoms with Crippen molar-refractivity contribution in [2.24, 2.45) is 5.73 Å². The molecule has 0 saturated carbocycles. The molecule has 0 unspecified atom stereocenters. The lowest BCUT2D eigenvalue weighted by Gasteiger charge is -2.08. The third-order valence-corrected chi connectivity index (χ3v) is 2.63. The van der Waals surface area contributed by atoms with Gasteiger partial charge in [-0.15, -0.1) is 0 Å². The molecule has 1 rings (SSSR count). The van der Waals surface area contributed by atoms with Crippen LogP contribution in [0.5, 0.6) is 0 Å². The van der Waals surface area contributed by atoms with Crippen LogP contribution in [0.3, 0.4) is 0 Å². The topological polar surface area (TPSA) is 84.2 Å². The fourth-order valence-electron chi connectivity index (χ4n) is 0.918. The van der Waals surface area contributed by atoms with Gasteiger partial charge in [-0.25, -0.2) is 4.39 Å². The normalized spacial score (nSPS) is 11.3. The maximum atomic E-state index is 13.1. The molecule has 84 valence electrons. The number of anilines is 1. The standard InChI is InChI=1S/C8H12FN3O2S/c9-7-3-1-2-4-8(7)12-15(13,14)11-6-5-10/h1-4,11-12H,5-6,10H2. The number of para-hydroxylation sites is 1. The van der Waals surface area contributed by atoms with Crippen LogP contribution in [0.1, 0.15) is 0 Å². The SMILES string of the molecule is NCCNS(=O)(=O)Nc1ccccc1F. The van der Waals surface area contributed by atoms with Crippen molar-refractivity contribution >= 4 is 15.9 Å². The lowest BCUT2D eigenvalue weighted by Crippen LogP contribution is -2.34. The van der Waals surface area contributed by atoms with E-state index in [4.69, 9.17) is 5.73 Å². The number of halogens is 1. The first kappa shape index (κ1) is 11.9. The van der Waals surface area contributed by atoms with Crippen molar-refractivity contribution in [3.05, 3.63) is 30.1 Å². The lowest BCUT2D eigenvalue weighted by atomic mass is 10.3. The maximum absolute atomic E-state index is 13.1. The fourth-order valence-corrected chi connectivity index (χ4v) is 1.83. The minimum absolute atomic E-state index is 0.0954. The molecule has 15 heavy (non-hydrogen) atoms. The Bertz CT molecular complexity index is 422. The number of rotatable bonds is 5. The molecule has 0 radical (unpaired) electrons. The molecule has 1 aromatic carbocycles. The van der Waals surface area contributed by atoms with Crippen LogP contribution in [0.25, 0.3) is 0 Å². The van der Waals surface area contributed by atoms with Crippen molar-refractivity contribution in [2.45, 2.75) is 0 Å². The summed E-state index contributed by atoms with van der Waals surface area (Å²) in [5.41, 5.74) is 5.03. The van der Waals surface area contributed by atoms with E-state index >= 15 is 0 Å². The van der Waals surface area contributed by atoms with Crippen LogP contribution in [0, 0.1) is 5.82 Å². The number of hydrogen-bond donors (Lipinski definition) is 3. The zero-order valence-corrected chi connectivity index (χ0v) is 8.72. The highest BCUT2D eigenvalue weighted by atomic mass is 32.2. The molecule has 0 saturated heterocycles. The third kappa shape index (κ3) is 3.82. The molecule has 0 aliphatic carbocycles. The highest BCUT2D eigenvalue weighted by Crippen LogP contribution is 2.13. The second-order valence-electron chi connectivity index (χ2n) is 2.77. The summed E-state index contributed by atoms with van der Waals surface area (Å²) in [5.74, 6) is -0.629. The number of benzene rings is 1. The van der Waals surface area contributed by atoms with Crippen LogP contribution < -0.4 is 15.2 Å². The van der Waals surface area contributed by atoms with Gasteiger partial charge < -0.3 is 5.73 Å². The van der Waals surface area contributed by atoms with Crippen LogP contribution in [0.4, 0.5) is 10.1 Å². The molecular formula is C8H12FN3O2S. The lowest BCUT2D eigenvalue weighted by molar-refractivity contribution is 0.585. The largest absolute Gasteiger partial charge is 0.329 e. The first-order chi connectivity index (χ1) is 7.05.